The first-order valence-corrected chi connectivity index (χ1v) is 9.68. The summed E-state index contributed by atoms with van der Waals surface area (Å²) in [5.41, 5.74) is 0.773. The predicted molar refractivity (Wildman–Crippen MR) is 100 cm³/mol. The first-order chi connectivity index (χ1) is 11.7. The molecule has 0 bridgehead atoms. The molecule has 0 unspecified atom stereocenters. The van der Waals surface area contributed by atoms with E-state index in [1.165, 1.54) is 25.3 Å². The number of anilines is 2. The normalized spacial score (nSPS) is 11.0. The molecule has 134 valence electrons. The maximum absolute atomic E-state index is 12.3. The lowest BCUT2D eigenvalue weighted by Gasteiger charge is -2.22. The van der Waals surface area contributed by atoms with E-state index in [0.29, 0.717) is 27.2 Å². The largest absolute Gasteiger partial charge is 0.495 e. The van der Waals surface area contributed by atoms with Crippen LogP contribution in [0.4, 0.5) is 11.4 Å². The number of amides is 1. The Morgan fingerprint density at radius 3 is 2.32 bits per heavy atom. The Bertz CT molecular complexity index is 870. The number of sulfonamides is 1. The fraction of sp³-hybridized carbons (Fsp3) is 0.188. The van der Waals surface area contributed by atoms with E-state index in [9.17, 15) is 13.2 Å². The molecule has 25 heavy (non-hydrogen) atoms. The Morgan fingerprint density at radius 1 is 1.16 bits per heavy atom. The van der Waals surface area contributed by atoms with Gasteiger partial charge in [0.05, 0.1) is 24.1 Å². The molecule has 0 aliphatic carbocycles. The molecule has 2 rings (SSSR count). The third-order valence-corrected chi connectivity index (χ3v) is 4.93. The van der Waals surface area contributed by atoms with Gasteiger partial charge in [0, 0.05) is 10.7 Å². The van der Waals surface area contributed by atoms with Crippen LogP contribution >= 0.6 is 23.2 Å². The summed E-state index contributed by atoms with van der Waals surface area (Å²) in [5.74, 6) is -0.0415. The van der Waals surface area contributed by atoms with Gasteiger partial charge in [-0.25, -0.2) is 8.42 Å². The van der Waals surface area contributed by atoms with Crippen LogP contribution in [-0.4, -0.2) is 34.2 Å². The van der Waals surface area contributed by atoms with Gasteiger partial charge in [-0.05, 0) is 42.5 Å². The van der Waals surface area contributed by atoms with E-state index in [-0.39, 0.29) is 6.54 Å². The van der Waals surface area contributed by atoms with E-state index >= 15 is 0 Å². The molecule has 0 spiro atoms. The third-order valence-electron chi connectivity index (χ3n) is 3.24. The number of nitrogens with zero attached hydrogens (tertiary/aromatic N) is 1. The van der Waals surface area contributed by atoms with Crippen molar-refractivity contribution < 1.29 is 17.9 Å². The number of carbonyl (C=O) groups is 1. The Morgan fingerprint density at radius 2 is 1.80 bits per heavy atom. The minimum Gasteiger partial charge on any atom is -0.495 e. The zero-order valence-electron chi connectivity index (χ0n) is 13.5. The summed E-state index contributed by atoms with van der Waals surface area (Å²) in [5, 5.41) is 3.41. The molecule has 0 saturated heterocycles. The predicted octanol–water partition coefficient (Wildman–Crippen LogP) is 3.41. The summed E-state index contributed by atoms with van der Waals surface area (Å²) < 4.78 is 30.1. The van der Waals surface area contributed by atoms with Crippen LogP contribution in [-0.2, 0) is 14.8 Å². The summed E-state index contributed by atoms with van der Waals surface area (Å²) in [6.07, 6.45) is 1.03. The van der Waals surface area contributed by atoms with Crippen LogP contribution in [0.3, 0.4) is 0 Å². The summed E-state index contributed by atoms with van der Waals surface area (Å²) in [6, 6.07) is 10.9. The Labute approximate surface area is 156 Å². The standard InChI is InChI=1S/C16H16Cl2N2O4S/c1-24-15-8-5-12(9-14(15)18)19-16(21)10-20(25(2,22)23)13-6-3-11(17)4-7-13/h3-9H,10H2,1-2H3,(H,19,21). The van der Waals surface area contributed by atoms with Crippen LogP contribution in [0, 0.1) is 0 Å². The highest BCUT2D eigenvalue weighted by molar-refractivity contribution is 7.92. The molecular weight excluding hydrogens is 387 g/mol. The molecule has 0 aliphatic heterocycles. The van der Waals surface area contributed by atoms with E-state index in [1.54, 1.807) is 24.3 Å². The minimum atomic E-state index is -3.65. The Balaban J connectivity index is 2.17. The van der Waals surface area contributed by atoms with Gasteiger partial charge >= 0.3 is 0 Å². The average molecular weight is 403 g/mol. The van der Waals surface area contributed by atoms with Gasteiger partial charge in [-0.15, -0.1) is 0 Å². The van der Waals surface area contributed by atoms with Gasteiger partial charge in [-0.3, -0.25) is 9.10 Å². The number of halogens is 2. The maximum atomic E-state index is 12.3. The summed E-state index contributed by atoms with van der Waals surface area (Å²) in [7, 11) is -2.17. The number of benzene rings is 2. The fourth-order valence-electron chi connectivity index (χ4n) is 2.08. The SMILES string of the molecule is COc1ccc(NC(=O)CN(c2ccc(Cl)cc2)S(C)(=O)=O)cc1Cl. The summed E-state index contributed by atoms with van der Waals surface area (Å²) in [4.78, 5) is 12.3. The molecule has 0 aliphatic rings. The molecule has 1 N–H and O–H groups in total. The molecule has 2 aromatic rings. The first kappa shape index (κ1) is 19.4. The third kappa shape index (κ3) is 5.26. The quantitative estimate of drug-likeness (QED) is 0.802. The second kappa shape index (κ2) is 7.95. The number of hydrogen-bond acceptors (Lipinski definition) is 4. The van der Waals surface area contributed by atoms with Crippen LogP contribution in [0.5, 0.6) is 5.75 Å². The first-order valence-electron chi connectivity index (χ1n) is 7.07. The molecule has 6 nitrogen and oxygen atoms in total. The Hall–Kier alpha value is -1.96. The van der Waals surface area contributed by atoms with Crippen molar-refractivity contribution in [1.29, 1.82) is 0 Å². The molecule has 0 fully saturated rings. The highest BCUT2D eigenvalue weighted by atomic mass is 35.5. The van der Waals surface area contributed by atoms with Crippen molar-refractivity contribution in [3.05, 3.63) is 52.5 Å². The number of carbonyl (C=O) groups excluding carboxylic acids is 1. The van der Waals surface area contributed by atoms with Crippen LogP contribution in [0.15, 0.2) is 42.5 Å². The Kier molecular flexibility index (Phi) is 6.16. The summed E-state index contributed by atoms with van der Waals surface area (Å²) in [6.45, 7) is -0.385. The van der Waals surface area contributed by atoms with Gasteiger partial charge in [0.25, 0.3) is 0 Å². The van der Waals surface area contributed by atoms with Crippen LogP contribution in [0.2, 0.25) is 10.0 Å². The van der Waals surface area contributed by atoms with Gasteiger partial charge in [-0.1, -0.05) is 23.2 Å². The summed E-state index contributed by atoms with van der Waals surface area (Å²) >= 11 is 11.8. The lowest BCUT2D eigenvalue weighted by atomic mass is 10.3. The van der Waals surface area contributed by atoms with Crippen molar-refractivity contribution in [2.24, 2.45) is 0 Å². The van der Waals surface area contributed by atoms with Crippen LogP contribution in [0.25, 0.3) is 0 Å². The zero-order valence-corrected chi connectivity index (χ0v) is 15.8. The van der Waals surface area contributed by atoms with Crippen molar-refractivity contribution in [2.45, 2.75) is 0 Å². The smallest absolute Gasteiger partial charge is 0.245 e. The van der Waals surface area contributed by atoms with E-state index < -0.39 is 15.9 Å². The molecule has 0 heterocycles. The van der Waals surface area contributed by atoms with E-state index in [1.807, 2.05) is 0 Å². The number of ether oxygens (including phenoxy) is 1. The van der Waals surface area contributed by atoms with Gasteiger partial charge in [0.1, 0.15) is 12.3 Å². The van der Waals surface area contributed by atoms with Crippen molar-refractivity contribution >= 4 is 50.5 Å². The molecule has 9 heteroatoms. The molecular formula is C16H16Cl2N2O4S. The molecule has 1 amide bonds. The zero-order chi connectivity index (χ0) is 18.6. The van der Waals surface area contributed by atoms with Gasteiger partial charge < -0.3 is 10.1 Å². The highest BCUT2D eigenvalue weighted by Gasteiger charge is 2.21. The number of methoxy groups -OCH3 is 1. The van der Waals surface area contributed by atoms with Crippen LogP contribution in [0.1, 0.15) is 0 Å². The second-order valence-corrected chi connectivity index (χ2v) is 7.89. The van der Waals surface area contributed by atoms with E-state index in [0.717, 1.165) is 10.6 Å². The minimum absolute atomic E-state index is 0.331. The molecule has 0 aromatic heterocycles. The molecule has 2 aromatic carbocycles. The molecule has 0 radical (unpaired) electrons. The number of rotatable bonds is 6. The molecule has 0 atom stereocenters. The monoisotopic (exact) mass is 402 g/mol. The van der Waals surface area contributed by atoms with Crippen molar-refractivity contribution in [3.63, 3.8) is 0 Å². The number of hydrogen-bond donors (Lipinski definition) is 1. The average Bonchev–Trinajstić information content (AvgIpc) is 2.53. The number of nitrogens with one attached hydrogen (secondary N) is 1. The fourth-order valence-corrected chi connectivity index (χ4v) is 3.32. The van der Waals surface area contributed by atoms with Gasteiger partial charge in [-0.2, -0.15) is 0 Å². The van der Waals surface area contributed by atoms with Crippen molar-refractivity contribution in [1.82, 2.24) is 0 Å². The van der Waals surface area contributed by atoms with Crippen molar-refractivity contribution in [2.75, 3.05) is 29.5 Å². The lowest BCUT2D eigenvalue weighted by Crippen LogP contribution is -2.37. The lowest BCUT2D eigenvalue weighted by molar-refractivity contribution is -0.114. The second-order valence-electron chi connectivity index (χ2n) is 5.14. The van der Waals surface area contributed by atoms with Gasteiger partial charge in [0.2, 0.25) is 15.9 Å². The van der Waals surface area contributed by atoms with E-state index in [4.69, 9.17) is 27.9 Å². The maximum Gasteiger partial charge on any atom is 0.245 e. The molecule has 0 saturated carbocycles. The highest BCUT2D eigenvalue weighted by Crippen LogP contribution is 2.27. The van der Waals surface area contributed by atoms with E-state index in [2.05, 4.69) is 5.32 Å². The van der Waals surface area contributed by atoms with Crippen molar-refractivity contribution in [3.8, 4) is 5.75 Å². The topological polar surface area (TPSA) is 75.7 Å². The van der Waals surface area contributed by atoms with Gasteiger partial charge in [0.15, 0.2) is 0 Å². The van der Waals surface area contributed by atoms with Crippen LogP contribution < -0.4 is 14.4 Å².